The van der Waals surface area contributed by atoms with E-state index in [0.717, 1.165) is 11.3 Å². The Morgan fingerprint density at radius 2 is 2.35 bits per heavy atom. The number of nitrogens with one attached hydrogen (secondary N) is 1. The van der Waals surface area contributed by atoms with Crippen LogP contribution < -0.4 is 11.1 Å². The SMILES string of the molecule is C[C@@H]1N2C(=O)/C(=C/c3ccccn3)C2S[C@@]1(C)COC(=O)NCCCN. The van der Waals surface area contributed by atoms with E-state index in [9.17, 15) is 9.59 Å². The molecule has 3 heterocycles. The highest BCUT2D eigenvalue weighted by molar-refractivity contribution is 8.02. The van der Waals surface area contributed by atoms with Crippen molar-refractivity contribution in [1.82, 2.24) is 15.2 Å². The van der Waals surface area contributed by atoms with Crippen LogP contribution in [0.4, 0.5) is 4.79 Å². The van der Waals surface area contributed by atoms with Crippen molar-refractivity contribution in [2.75, 3.05) is 19.7 Å². The molecule has 0 bridgehead atoms. The molecule has 2 fully saturated rings. The number of ether oxygens (including phenoxy) is 1. The fourth-order valence-electron chi connectivity index (χ4n) is 3.05. The van der Waals surface area contributed by atoms with Crippen LogP contribution in [0.15, 0.2) is 30.0 Å². The molecule has 1 aromatic rings. The summed E-state index contributed by atoms with van der Waals surface area (Å²) in [7, 11) is 0. The zero-order valence-corrected chi connectivity index (χ0v) is 15.8. The maximum atomic E-state index is 12.5. The van der Waals surface area contributed by atoms with Gasteiger partial charge >= 0.3 is 6.09 Å². The molecule has 3 rings (SSSR count). The summed E-state index contributed by atoms with van der Waals surface area (Å²) >= 11 is 1.66. The monoisotopic (exact) mass is 376 g/mol. The molecular formula is C18H24N4O3S. The van der Waals surface area contributed by atoms with Gasteiger partial charge in [-0.15, -0.1) is 11.8 Å². The number of fused-ring (bicyclic) bond motifs is 1. The van der Waals surface area contributed by atoms with Gasteiger partial charge in [0.2, 0.25) is 0 Å². The normalized spacial score (nSPS) is 28.7. The predicted octanol–water partition coefficient (Wildman–Crippen LogP) is 1.60. The number of hydrogen-bond donors (Lipinski definition) is 2. The molecule has 2 saturated heterocycles. The predicted molar refractivity (Wildman–Crippen MR) is 101 cm³/mol. The Labute approximate surface area is 157 Å². The summed E-state index contributed by atoms with van der Waals surface area (Å²) in [5.74, 6) is 0.0248. The molecule has 0 aliphatic carbocycles. The number of carbonyl (C=O) groups excluding carboxylic acids is 2. The van der Waals surface area contributed by atoms with Crippen LogP contribution in [0.3, 0.4) is 0 Å². The van der Waals surface area contributed by atoms with Crippen LogP contribution in [0.1, 0.15) is 26.0 Å². The van der Waals surface area contributed by atoms with Crippen LogP contribution >= 0.6 is 11.8 Å². The lowest BCUT2D eigenvalue weighted by Gasteiger charge is -2.39. The van der Waals surface area contributed by atoms with E-state index in [1.807, 2.05) is 43.0 Å². The topological polar surface area (TPSA) is 97.5 Å². The number of aromatic nitrogens is 1. The highest BCUT2D eigenvalue weighted by atomic mass is 32.2. The van der Waals surface area contributed by atoms with E-state index in [0.29, 0.717) is 19.5 Å². The largest absolute Gasteiger partial charge is 0.448 e. The number of rotatable bonds is 6. The molecule has 1 unspecified atom stereocenters. The number of hydrogen-bond acceptors (Lipinski definition) is 6. The van der Waals surface area contributed by atoms with Gasteiger partial charge in [-0.25, -0.2) is 4.79 Å². The van der Waals surface area contributed by atoms with Gasteiger partial charge in [-0.05, 0) is 45.0 Å². The second kappa shape index (κ2) is 7.67. The second-order valence-electron chi connectivity index (χ2n) is 6.67. The van der Waals surface area contributed by atoms with Crippen LogP contribution in [0.2, 0.25) is 0 Å². The number of alkyl carbamates (subject to hydrolysis) is 1. The molecule has 0 spiro atoms. The average Bonchev–Trinajstić information content (AvgIpc) is 2.88. The first-order valence-corrected chi connectivity index (χ1v) is 9.58. The molecule has 3 N–H and O–H groups in total. The van der Waals surface area contributed by atoms with Gasteiger partial charge in [0.25, 0.3) is 5.91 Å². The maximum absolute atomic E-state index is 12.5. The van der Waals surface area contributed by atoms with Gasteiger partial charge in [0.05, 0.1) is 16.0 Å². The molecule has 26 heavy (non-hydrogen) atoms. The number of β-lactam (4-membered cyclic amide) rings is 1. The van der Waals surface area contributed by atoms with Crippen molar-refractivity contribution in [3.05, 3.63) is 35.7 Å². The summed E-state index contributed by atoms with van der Waals surface area (Å²) < 4.78 is 5.02. The number of nitrogens with zero attached hydrogens (tertiary/aromatic N) is 2. The van der Waals surface area contributed by atoms with Crippen molar-refractivity contribution >= 4 is 29.8 Å². The van der Waals surface area contributed by atoms with Gasteiger partial charge < -0.3 is 20.7 Å². The summed E-state index contributed by atoms with van der Waals surface area (Å²) in [5.41, 5.74) is 6.92. The molecule has 7 nitrogen and oxygen atoms in total. The minimum absolute atomic E-state index is 0.0200. The Morgan fingerprint density at radius 1 is 1.54 bits per heavy atom. The van der Waals surface area contributed by atoms with E-state index in [1.54, 1.807) is 18.0 Å². The molecule has 0 radical (unpaired) electrons. The van der Waals surface area contributed by atoms with Gasteiger partial charge in [0, 0.05) is 18.8 Å². The number of thioether (sulfide) groups is 1. The lowest BCUT2D eigenvalue weighted by Crippen LogP contribution is -2.55. The third-order valence-corrected chi connectivity index (χ3v) is 6.52. The van der Waals surface area contributed by atoms with Crippen molar-refractivity contribution in [3.63, 3.8) is 0 Å². The van der Waals surface area contributed by atoms with Crippen LogP contribution in [-0.4, -0.2) is 57.7 Å². The minimum Gasteiger partial charge on any atom is -0.448 e. The molecule has 0 saturated carbocycles. The first-order valence-electron chi connectivity index (χ1n) is 8.70. The third kappa shape index (κ3) is 3.57. The molecule has 0 aromatic carbocycles. The van der Waals surface area contributed by atoms with Gasteiger partial charge in [-0.3, -0.25) is 9.78 Å². The molecule has 2 aliphatic heterocycles. The third-order valence-electron chi connectivity index (χ3n) is 4.81. The highest BCUT2D eigenvalue weighted by Crippen LogP contribution is 2.53. The first kappa shape index (κ1) is 18.7. The number of pyridine rings is 1. The van der Waals surface area contributed by atoms with E-state index in [2.05, 4.69) is 10.3 Å². The summed E-state index contributed by atoms with van der Waals surface area (Å²) in [6.45, 7) is 5.29. The molecule has 1 aromatic heterocycles. The van der Waals surface area contributed by atoms with Crippen LogP contribution in [0, 0.1) is 0 Å². The van der Waals surface area contributed by atoms with Crippen LogP contribution in [0.25, 0.3) is 6.08 Å². The first-order chi connectivity index (χ1) is 12.5. The molecule has 3 atom stereocenters. The minimum atomic E-state index is -0.447. The lowest BCUT2D eigenvalue weighted by molar-refractivity contribution is -0.135. The molecule has 2 aliphatic rings. The Balaban J connectivity index is 1.63. The lowest BCUT2D eigenvalue weighted by atomic mass is 9.95. The molecule has 8 heteroatoms. The van der Waals surface area contributed by atoms with E-state index >= 15 is 0 Å². The molecular weight excluding hydrogens is 352 g/mol. The van der Waals surface area contributed by atoms with Gasteiger partial charge in [-0.1, -0.05) is 6.07 Å². The zero-order chi connectivity index (χ0) is 18.7. The van der Waals surface area contributed by atoms with Crippen molar-refractivity contribution < 1.29 is 14.3 Å². The average molecular weight is 376 g/mol. The number of amides is 2. The summed E-state index contributed by atoms with van der Waals surface area (Å²) in [5, 5.41) is 2.66. The van der Waals surface area contributed by atoms with Crippen molar-refractivity contribution in [1.29, 1.82) is 0 Å². The van der Waals surface area contributed by atoms with E-state index in [4.69, 9.17) is 10.5 Å². The Morgan fingerprint density at radius 3 is 3.04 bits per heavy atom. The fourth-order valence-corrected chi connectivity index (χ4v) is 4.69. The summed E-state index contributed by atoms with van der Waals surface area (Å²) in [6, 6.07) is 5.59. The maximum Gasteiger partial charge on any atom is 0.407 e. The highest BCUT2D eigenvalue weighted by Gasteiger charge is 2.59. The smallest absolute Gasteiger partial charge is 0.407 e. The fraction of sp³-hybridized carbons (Fsp3) is 0.500. The Kier molecular flexibility index (Phi) is 5.52. The molecule has 140 valence electrons. The van der Waals surface area contributed by atoms with Crippen molar-refractivity contribution in [3.8, 4) is 0 Å². The quantitative estimate of drug-likeness (QED) is 0.445. The van der Waals surface area contributed by atoms with Gasteiger partial charge in [-0.2, -0.15) is 0 Å². The molecule has 2 amide bonds. The Hall–Kier alpha value is -2.06. The van der Waals surface area contributed by atoms with E-state index in [-0.39, 0.29) is 28.7 Å². The van der Waals surface area contributed by atoms with Crippen molar-refractivity contribution in [2.45, 2.75) is 36.4 Å². The van der Waals surface area contributed by atoms with Gasteiger partial charge in [0.15, 0.2) is 0 Å². The number of nitrogens with two attached hydrogens (primary N) is 1. The second-order valence-corrected chi connectivity index (χ2v) is 8.29. The van der Waals surface area contributed by atoms with Crippen molar-refractivity contribution in [2.24, 2.45) is 5.73 Å². The van der Waals surface area contributed by atoms with Crippen LogP contribution in [-0.2, 0) is 9.53 Å². The van der Waals surface area contributed by atoms with Gasteiger partial charge in [0.1, 0.15) is 12.0 Å². The summed E-state index contributed by atoms with van der Waals surface area (Å²) in [4.78, 5) is 30.4. The summed E-state index contributed by atoms with van der Waals surface area (Å²) in [6.07, 6.45) is 3.81. The van der Waals surface area contributed by atoms with E-state index < -0.39 is 6.09 Å². The van der Waals surface area contributed by atoms with E-state index in [1.165, 1.54) is 0 Å². The standard InChI is InChI=1S/C18H24N4O3S/c1-12-18(2,11-25-17(24)21-9-5-7-19)26-16-14(15(23)22(12)16)10-13-6-3-4-8-20-13/h3-4,6,8,10,12,16H,5,7,9,11,19H2,1-2H3,(H,21,24)/b14-10-/t12-,16?,18-/m0/s1. The Bertz CT molecular complexity index is 712. The number of carbonyl (C=O) groups is 2. The zero-order valence-electron chi connectivity index (χ0n) is 15.0. The van der Waals surface area contributed by atoms with Crippen LogP contribution in [0.5, 0.6) is 0 Å².